The highest BCUT2D eigenvalue weighted by Crippen LogP contribution is 2.25. The lowest BCUT2D eigenvalue weighted by Crippen LogP contribution is -2.38. The SMILES string of the molecule is CC1CCC(C)N1C(=O)c1ccnc(C(=O)O)c1. The molecule has 1 aliphatic heterocycles. The largest absolute Gasteiger partial charge is 0.477 e. The van der Waals surface area contributed by atoms with Crippen LogP contribution in [0.1, 0.15) is 47.5 Å². The van der Waals surface area contributed by atoms with Crippen LogP contribution in [0.4, 0.5) is 0 Å². The van der Waals surface area contributed by atoms with Crippen LogP contribution in [0.25, 0.3) is 0 Å². The van der Waals surface area contributed by atoms with Crippen LogP contribution in [0.5, 0.6) is 0 Å². The first kappa shape index (κ1) is 12.5. The standard InChI is InChI=1S/C13H16N2O3/c1-8-3-4-9(2)15(8)12(16)10-5-6-14-11(7-10)13(17)18/h5-9H,3-4H2,1-2H3,(H,17,18). The number of hydrogen-bond donors (Lipinski definition) is 1. The highest BCUT2D eigenvalue weighted by Gasteiger charge is 2.32. The summed E-state index contributed by atoms with van der Waals surface area (Å²) < 4.78 is 0. The minimum absolute atomic E-state index is 0.0969. The van der Waals surface area contributed by atoms with Crippen molar-refractivity contribution < 1.29 is 14.7 Å². The zero-order valence-electron chi connectivity index (χ0n) is 10.5. The normalized spacial score (nSPS) is 23.1. The van der Waals surface area contributed by atoms with Crippen LogP contribution in [0.2, 0.25) is 0 Å². The molecule has 96 valence electrons. The maximum absolute atomic E-state index is 12.3. The van der Waals surface area contributed by atoms with Crippen molar-refractivity contribution in [3.8, 4) is 0 Å². The molecule has 2 rings (SSSR count). The zero-order chi connectivity index (χ0) is 13.3. The number of likely N-dealkylation sites (tertiary alicyclic amines) is 1. The van der Waals surface area contributed by atoms with Gasteiger partial charge in [-0.05, 0) is 38.8 Å². The quantitative estimate of drug-likeness (QED) is 0.866. The van der Waals surface area contributed by atoms with Crippen molar-refractivity contribution in [2.75, 3.05) is 0 Å². The predicted octanol–water partition coefficient (Wildman–Crippen LogP) is 1.79. The van der Waals surface area contributed by atoms with E-state index in [0.717, 1.165) is 12.8 Å². The second-order valence-corrected chi connectivity index (χ2v) is 4.72. The summed E-state index contributed by atoms with van der Waals surface area (Å²) in [5.74, 6) is -1.23. The molecule has 0 radical (unpaired) electrons. The number of carboxylic acids is 1. The summed E-state index contributed by atoms with van der Waals surface area (Å²) in [6.07, 6.45) is 3.34. The Kier molecular flexibility index (Phi) is 3.32. The minimum atomic E-state index is -1.12. The molecule has 1 aromatic rings. The maximum atomic E-state index is 12.3. The van der Waals surface area contributed by atoms with Crippen molar-refractivity contribution in [2.45, 2.75) is 38.8 Å². The summed E-state index contributed by atoms with van der Waals surface area (Å²) in [5.41, 5.74) is 0.295. The van der Waals surface area contributed by atoms with Crippen molar-refractivity contribution in [3.05, 3.63) is 29.6 Å². The van der Waals surface area contributed by atoms with E-state index in [-0.39, 0.29) is 23.7 Å². The molecule has 2 heterocycles. The Bertz CT molecular complexity index is 477. The number of pyridine rings is 1. The van der Waals surface area contributed by atoms with E-state index in [1.165, 1.54) is 12.3 Å². The summed E-state index contributed by atoms with van der Waals surface area (Å²) in [5, 5.41) is 8.87. The number of carbonyl (C=O) groups excluding carboxylic acids is 1. The number of aromatic carboxylic acids is 1. The van der Waals surface area contributed by atoms with E-state index in [1.54, 1.807) is 6.07 Å². The highest BCUT2D eigenvalue weighted by molar-refractivity contribution is 5.97. The van der Waals surface area contributed by atoms with E-state index in [4.69, 9.17) is 5.11 Å². The van der Waals surface area contributed by atoms with E-state index < -0.39 is 5.97 Å². The molecule has 1 saturated heterocycles. The fourth-order valence-corrected chi connectivity index (χ4v) is 2.42. The third-order valence-corrected chi connectivity index (χ3v) is 3.41. The van der Waals surface area contributed by atoms with Gasteiger partial charge >= 0.3 is 5.97 Å². The van der Waals surface area contributed by atoms with Crippen LogP contribution in [0.3, 0.4) is 0 Å². The van der Waals surface area contributed by atoms with E-state index in [9.17, 15) is 9.59 Å². The molecular weight excluding hydrogens is 232 g/mol. The molecule has 5 nitrogen and oxygen atoms in total. The van der Waals surface area contributed by atoms with Gasteiger partial charge in [0.2, 0.25) is 0 Å². The van der Waals surface area contributed by atoms with E-state index >= 15 is 0 Å². The van der Waals surface area contributed by atoms with E-state index in [2.05, 4.69) is 4.98 Å². The average molecular weight is 248 g/mol. The maximum Gasteiger partial charge on any atom is 0.354 e. The van der Waals surface area contributed by atoms with Gasteiger partial charge < -0.3 is 10.0 Å². The van der Waals surface area contributed by atoms with Gasteiger partial charge in [0.25, 0.3) is 5.91 Å². The number of carboxylic acid groups (broad SMARTS) is 1. The Morgan fingerprint density at radius 3 is 2.50 bits per heavy atom. The number of carbonyl (C=O) groups is 2. The molecule has 1 N–H and O–H groups in total. The number of aromatic nitrogens is 1. The minimum Gasteiger partial charge on any atom is -0.477 e. The van der Waals surface area contributed by atoms with E-state index in [0.29, 0.717) is 5.56 Å². The average Bonchev–Trinajstić information content (AvgIpc) is 2.68. The van der Waals surface area contributed by atoms with Gasteiger partial charge in [-0.15, -0.1) is 0 Å². The molecule has 1 aromatic heterocycles. The lowest BCUT2D eigenvalue weighted by Gasteiger charge is -2.26. The highest BCUT2D eigenvalue weighted by atomic mass is 16.4. The van der Waals surface area contributed by atoms with Crippen molar-refractivity contribution >= 4 is 11.9 Å². The van der Waals surface area contributed by atoms with E-state index in [1.807, 2.05) is 18.7 Å². The van der Waals surface area contributed by atoms with Gasteiger partial charge in [-0.25, -0.2) is 9.78 Å². The molecular formula is C13H16N2O3. The first-order valence-electron chi connectivity index (χ1n) is 6.02. The molecule has 1 aliphatic rings. The second kappa shape index (κ2) is 4.76. The smallest absolute Gasteiger partial charge is 0.354 e. The Balaban J connectivity index is 2.28. The zero-order valence-corrected chi connectivity index (χ0v) is 10.5. The summed E-state index contributed by atoms with van der Waals surface area (Å²) in [6, 6.07) is 3.30. The molecule has 18 heavy (non-hydrogen) atoms. The third-order valence-electron chi connectivity index (χ3n) is 3.41. The van der Waals surface area contributed by atoms with Crippen LogP contribution in [0.15, 0.2) is 18.3 Å². The second-order valence-electron chi connectivity index (χ2n) is 4.72. The molecule has 0 aromatic carbocycles. The molecule has 2 unspecified atom stereocenters. The number of hydrogen-bond acceptors (Lipinski definition) is 3. The number of nitrogens with zero attached hydrogens (tertiary/aromatic N) is 2. The molecule has 1 amide bonds. The van der Waals surface area contributed by atoms with Crippen LogP contribution in [-0.2, 0) is 0 Å². The molecule has 0 saturated carbocycles. The first-order valence-corrected chi connectivity index (χ1v) is 6.02. The van der Waals surface area contributed by atoms with Crippen LogP contribution in [0, 0.1) is 0 Å². The molecule has 0 aliphatic carbocycles. The topological polar surface area (TPSA) is 70.5 Å². The van der Waals surface area contributed by atoms with Crippen LogP contribution >= 0.6 is 0 Å². The fraction of sp³-hybridized carbons (Fsp3) is 0.462. The number of amides is 1. The molecule has 0 bridgehead atoms. The lowest BCUT2D eigenvalue weighted by molar-refractivity contribution is 0.0690. The van der Waals surface area contributed by atoms with Crippen molar-refractivity contribution in [3.63, 3.8) is 0 Å². The Hall–Kier alpha value is -1.91. The van der Waals surface area contributed by atoms with Gasteiger partial charge in [0.1, 0.15) is 5.69 Å². The number of rotatable bonds is 2. The molecule has 5 heteroatoms. The summed E-state index contributed by atoms with van der Waals surface area (Å²) in [6.45, 7) is 4.03. The van der Waals surface area contributed by atoms with Gasteiger partial charge in [-0.2, -0.15) is 0 Å². The van der Waals surface area contributed by atoms with Gasteiger partial charge in [-0.1, -0.05) is 0 Å². The van der Waals surface area contributed by atoms with Gasteiger partial charge in [0.15, 0.2) is 0 Å². The monoisotopic (exact) mass is 248 g/mol. The third kappa shape index (κ3) is 2.20. The molecule has 0 spiro atoms. The predicted molar refractivity (Wildman–Crippen MR) is 65.5 cm³/mol. The summed E-state index contributed by atoms with van der Waals surface area (Å²) in [7, 11) is 0. The van der Waals surface area contributed by atoms with Crippen molar-refractivity contribution in [1.82, 2.24) is 9.88 Å². The van der Waals surface area contributed by atoms with Crippen LogP contribution in [-0.4, -0.2) is 39.0 Å². The van der Waals surface area contributed by atoms with Crippen molar-refractivity contribution in [2.24, 2.45) is 0 Å². The Labute approximate surface area is 105 Å². The van der Waals surface area contributed by atoms with Gasteiger partial charge in [-0.3, -0.25) is 4.79 Å². The lowest BCUT2D eigenvalue weighted by atomic mass is 10.1. The van der Waals surface area contributed by atoms with Crippen LogP contribution < -0.4 is 0 Å². The molecule has 1 fully saturated rings. The van der Waals surface area contributed by atoms with Crippen molar-refractivity contribution in [1.29, 1.82) is 0 Å². The Morgan fingerprint density at radius 2 is 1.94 bits per heavy atom. The Morgan fingerprint density at radius 1 is 1.33 bits per heavy atom. The fourth-order valence-electron chi connectivity index (χ4n) is 2.42. The summed E-state index contributed by atoms with van der Waals surface area (Å²) in [4.78, 5) is 28.7. The first-order chi connectivity index (χ1) is 8.50. The van der Waals surface area contributed by atoms with Gasteiger partial charge in [0.05, 0.1) is 0 Å². The molecule has 2 atom stereocenters. The van der Waals surface area contributed by atoms with Gasteiger partial charge in [0, 0.05) is 23.8 Å². The summed E-state index contributed by atoms with van der Waals surface area (Å²) >= 11 is 0.